The summed E-state index contributed by atoms with van der Waals surface area (Å²) < 4.78 is 6.00. The Balaban J connectivity index is 0.00000264. The molecule has 1 unspecified atom stereocenters. The van der Waals surface area contributed by atoms with Crippen molar-refractivity contribution in [2.45, 2.75) is 33.8 Å². The van der Waals surface area contributed by atoms with Crippen molar-refractivity contribution >= 4 is 29.9 Å². The minimum absolute atomic E-state index is 0. The van der Waals surface area contributed by atoms with E-state index in [1.807, 2.05) is 0 Å². The molecule has 1 heterocycles. The normalized spacial score (nSPS) is 18.7. The molecule has 1 aliphatic heterocycles. The number of morpholine rings is 1. The van der Waals surface area contributed by atoms with Crippen molar-refractivity contribution in [3.63, 3.8) is 0 Å². The van der Waals surface area contributed by atoms with E-state index in [0.29, 0.717) is 5.92 Å². The van der Waals surface area contributed by atoms with E-state index in [2.05, 4.69) is 62.2 Å². The molecule has 1 N–H and O–H groups in total. The summed E-state index contributed by atoms with van der Waals surface area (Å²) >= 11 is 0. The number of aliphatic imine (C=N–C) groups is 1. The minimum atomic E-state index is 0. The van der Waals surface area contributed by atoms with Gasteiger partial charge in [0.25, 0.3) is 0 Å². The van der Waals surface area contributed by atoms with Crippen molar-refractivity contribution < 1.29 is 4.74 Å². The summed E-state index contributed by atoms with van der Waals surface area (Å²) in [6, 6.07) is 8.48. The van der Waals surface area contributed by atoms with E-state index in [4.69, 9.17) is 9.73 Å². The maximum absolute atomic E-state index is 6.00. The van der Waals surface area contributed by atoms with Gasteiger partial charge in [0.05, 0.1) is 13.2 Å². The van der Waals surface area contributed by atoms with Gasteiger partial charge in [0.2, 0.25) is 0 Å². The van der Waals surface area contributed by atoms with Gasteiger partial charge in [-0.2, -0.15) is 0 Å². The van der Waals surface area contributed by atoms with E-state index in [-0.39, 0.29) is 30.1 Å². The molecule has 1 fully saturated rings. The number of rotatable bonds is 4. The van der Waals surface area contributed by atoms with Crippen LogP contribution in [-0.2, 0) is 4.74 Å². The third-order valence-corrected chi connectivity index (χ3v) is 3.84. The Morgan fingerprint density at radius 2 is 2.13 bits per heavy atom. The van der Waals surface area contributed by atoms with E-state index in [0.717, 1.165) is 38.7 Å². The van der Waals surface area contributed by atoms with Crippen LogP contribution in [0.15, 0.2) is 29.3 Å². The SMILES string of the molecule is CCNC(=NCC(C)C)N1CCOC(c2ccccc2C)C1.I. The number of aryl methyl sites for hydroxylation is 1. The number of halogens is 1. The number of nitrogens with zero attached hydrogens (tertiary/aromatic N) is 2. The second-order valence-electron chi connectivity index (χ2n) is 6.25. The molecule has 130 valence electrons. The molecule has 1 aromatic rings. The molecule has 0 spiro atoms. The summed E-state index contributed by atoms with van der Waals surface area (Å²) in [7, 11) is 0. The average Bonchev–Trinajstić information content (AvgIpc) is 2.52. The fourth-order valence-electron chi connectivity index (χ4n) is 2.67. The maximum atomic E-state index is 6.00. The monoisotopic (exact) mass is 431 g/mol. The van der Waals surface area contributed by atoms with Gasteiger partial charge in [-0.1, -0.05) is 38.1 Å². The van der Waals surface area contributed by atoms with Crippen molar-refractivity contribution in [3.05, 3.63) is 35.4 Å². The molecule has 0 amide bonds. The predicted molar refractivity (Wildman–Crippen MR) is 108 cm³/mol. The smallest absolute Gasteiger partial charge is 0.194 e. The molecular formula is C18H30IN3O. The zero-order valence-corrected chi connectivity index (χ0v) is 17.0. The standard InChI is InChI=1S/C18H29N3O.HI/c1-5-19-18(20-12-14(2)3)21-10-11-22-17(13-21)16-9-7-6-8-15(16)4;/h6-9,14,17H,5,10-13H2,1-4H3,(H,19,20);1H. The molecule has 1 atom stereocenters. The van der Waals surface area contributed by atoms with Crippen molar-refractivity contribution in [2.24, 2.45) is 10.9 Å². The van der Waals surface area contributed by atoms with Crippen LogP contribution in [0.25, 0.3) is 0 Å². The minimum Gasteiger partial charge on any atom is -0.370 e. The molecule has 0 bridgehead atoms. The number of benzene rings is 1. The lowest BCUT2D eigenvalue weighted by molar-refractivity contribution is -0.00834. The predicted octanol–water partition coefficient (Wildman–Crippen LogP) is 3.61. The topological polar surface area (TPSA) is 36.9 Å². The Morgan fingerprint density at radius 3 is 2.78 bits per heavy atom. The van der Waals surface area contributed by atoms with Gasteiger partial charge in [-0.25, -0.2) is 0 Å². The summed E-state index contributed by atoms with van der Waals surface area (Å²) in [5.41, 5.74) is 2.57. The van der Waals surface area contributed by atoms with Crippen LogP contribution < -0.4 is 5.32 Å². The second kappa shape index (κ2) is 10.1. The summed E-state index contributed by atoms with van der Waals surface area (Å²) in [6.07, 6.45) is 0.123. The molecule has 0 saturated carbocycles. The molecule has 2 rings (SSSR count). The molecule has 1 saturated heterocycles. The highest BCUT2D eigenvalue weighted by molar-refractivity contribution is 14.0. The summed E-state index contributed by atoms with van der Waals surface area (Å²) in [4.78, 5) is 7.09. The Morgan fingerprint density at radius 1 is 1.39 bits per heavy atom. The van der Waals surface area contributed by atoms with Gasteiger partial charge in [0.1, 0.15) is 6.10 Å². The first-order valence-electron chi connectivity index (χ1n) is 8.32. The van der Waals surface area contributed by atoms with Crippen molar-refractivity contribution in [1.29, 1.82) is 0 Å². The Hall–Kier alpha value is -0.820. The lowest BCUT2D eigenvalue weighted by Crippen LogP contribution is -2.48. The van der Waals surface area contributed by atoms with Crippen LogP contribution in [0.3, 0.4) is 0 Å². The quantitative estimate of drug-likeness (QED) is 0.450. The van der Waals surface area contributed by atoms with Crippen LogP contribution in [0, 0.1) is 12.8 Å². The molecule has 0 aromatic heterocycles. The Labute approximate surface area is 157 Å². The lowest BCUT2D eigenvalue weighted by atomic mass is 10.0. The van der Waals surface area contributed by atoms with Crippen LogP contribution in [-0.4, -0.2) is 43.6 Å². The van der Waals surface area contributed by atoms with E-state index < -0.39 is 0 Å². The summed E-state index contributed by atoms with van der Waals surface area (Å²) in [6.45, 7) is 12.9. The first-order chi connectivity index (χ1) is 10.6. The van der Waals surface area contributed by atoms with Crippen LogP contribution >= 0.6 is 24.0 Å². The van der Waals surface area contributed by atoms with Crippen molar-refractivity contribution in [2.75, 3.05) is 32.8 Å². The first kappa shape index (κ1) is 20.2. The first-order valence-corrected chi connectivity index (χ1v) is 8.32. The number of nitrogens with one attached hydrogen (secondary N) is 1. The largest absolute Gasteiger partial charge is 0.370 e. The van der Waals surface area contributed by atoms with Crippen molar-refractivity contribution in [3.8, 4) is 0 Å². The third kappa shape index (κ3) is 5.95. The molecule has 1 aromatic carbocycles. The molecule has 0 aliphatic carbocycles. The fraction of sp³-hybridized carbons (Fsp3) is 0.611. The highest BCUT2D eigenvalue weighted by Crippen LogP contribution is 2.24. The average molecular weight is 431 g/mol. The summed E-state index contributed by atoms with van der Waals surface area (Å²) in [5, 5.41) is 3.41. The number of ether oxygens (including phenoxy) is 1. The van der Waals surface area contributed by atoms with Crippen LogP contribution in [0.2, 0.25) is 0 Å². The van der Waals surface area contributed by atoms with Gasteiger partial charge in [0, 0.05) is 19.6 Å². The molecule has 5 heteroatoms. The molecule has 0 radical (unpaired) electrons. The second-order valence-corrected chi connectivity index (χ2v) is 6.25. The Bertz CT molecular complexity index is 505. The van der Waals surface area contributed by atoms with Crippen LogP contribution in [0.5, 0.6) is 0 Å². The zero-order valence-electron chi connectivity index (χ0n) is 14.7. The van der Waals surface area contributed by atoms with Gasteiger partial charge in [-0.15, -0.1) is 24.0 Å². The number of hydrogen-bond donors (Lipinski definition) is 1. The van der Waals surface area contributed by atoms with Gasteiger partial charge < -0.3 is 15.0 Å². The van der Waals surface area contributed by atoms with Crippen LogP contribution in [0.4, 0.5) is 0 Å². The van der Waals surface area contributed by atoms with Crippen molar-refractivity contribution in [1.82, 2.24) is 10.2 Å². The number of hydrogen-bond acceptors (Lipinski definition) is 2. The molecular weight excluding hydrogens is 401 g/mol. The number of guanidine groups is 1. The van der Waals surface area contributed by atoms with E-state index in [1.54, 1.807) is 0 Å². The van der Waals surface area contributed by atoms with E-state index >= 15 is 0 Å². The van der Waals surface area contributed by atoms with Crippen LogP contribution in [0.1, 0.15) is 38.0 Å². The van der Waals surface area contributed by atoms with E-state index in [1.165, 1.54) is 11.1 Å². The van der Waals surface area contributed by atoms with Gasteiger partial charge in [0.15, 0.2) is 5.96 Å². The fourth-order valence-corrected chi connectivity index (χ4v) is 2.67. The third-order valence-electron chi connectivity index (χ3n) is 3.84. The molecule has 4 nitrogen and oxygen atoms in total. The van der Waals surface area contributed by atoms with E-state index in [9.17, 15) is 0 Å². The highest BCUT2D eigenvalue weighted by atomic mass is 127. The molecule has 1 aliphatic rings. The zero-order chi connectivity index (χ0) is 15.9. The van der Waals surface area contributed by atoms with Gasteiger partial charge in [-0.05, 0) is 30.9 Å². The van der Waals surface area contributed by atoms with Gasteiger partial charge >= 0.3 is 0 Å². The Kier molecular flexibility index (Phi) is 8.91. The molecule has 23 heavy (non-hydrogen) atoms. The summed E-state index contributed by atoms with van der Waals surface area (Å²) in [5.74, 6) is 1.58. The highest BCUT2D eigenvalue weighted by Gasteiger charge is 2.25. The lowest BCUT2D eigenvalue weighted by Gasteiger charge is -2.36. The maximum Gasteiger partial charge on any atom is 0.194 e. The van der Waals surface area contributed by atoms with Gasteiger partial charge in [-0.3, -0.25) is 4.99 Å².